The van der Waals surface area contributed by atoms with Crippen molar-refractivity contribution in [2.45, 2.75) is 54.3 Å². The van der Waals surface area contributed by atoms with Crippen LogP contribution in [0.4, 0.5) is 0 Å². The molecule has 2 N–H and O–H groups in total. The Bertz CT molecular complexity index is 584. The minimum absolute atomic E-state index is 0.124. The van der Waals surface area contributed by atoms with Crippen molar-refractivity contribution in [2.75, 3.05) is 12.8 Å². The van der Waals surface area contributed by atoms with Crippen LogP contribution in [0.25, 0.3) is 0 Å². The topological polar surface area (TPSA) is 58.2 Å². The van der Waals surface area contributed by atoms with Gasteiger partial charge in [-0.3, -0.25) is 0 Å². The van der Waals surface area contributed by atoms with Crippen molar-refractivity contribution in [1.29, 1.82) is 0 Å². The molecule has 1 aromatic heterocycles. The Labute approximate surface area is 135 Å². The Balaban J connectivity index is 1.58. The molecule has 0 amide bonds. The van der Waals surface area contributed by atoms with Gasteiger partial charge in [-0.2, -0.15) is 11.8 Å². The second-order valence-corrected chi connectivity index (χ2v) is 10.0. The van der Waals surface area contributed by atoms with Crippen LogP contribution in [0.15, 0.2) is 16.3 Å². The third-order valence-electron chi connectivity index (χ3n) is 4.36. The van der Waals surface area contributed by atoms with Crippen LogP contribution in [0, 0.1) is 0 Å². The predicted molar refractivity (Wildman–Crippen MR) is 89.5 cm³/mol. The van der Waals surface area contributed by atoms with Crippen molar-refractivity contribution in [3.05, 3.63) is 16.3 Å². The first-order valence-electron chi connectivity index (χ1n) is 7.39. The predicted octanol–water partition coefficient (Wildman–Crippen LogP) is 2.56. The summed E-state index contributed by atoms with van der Waals surface area (Å²) < 4.78 is 27.7. The zero-order chi connectivity index (χ0) is 14.9. The van der Waals surface area contributed by atoms with Gasteiger partial charge in [-0.15, -0.1) is 11.3 Å². The van der Waals surface area contributed by atoms with E-state index in [-0.39, 0.29) is 4.75 Å². The maximum atomic E-state index is 12.4. The second kappa shape index (κ2) is 6.20. The van der Waals surface area contributed by atoms with Crippen molar-refractivity contribution >= 4 is 33.1 Å². The molecule has 2 saturated carbocycles. The first-order valence-corrected chi connectivity index (χ1v) is 11.0. The van der Waals surface area contributed by atoms with Crippen molar-refractivity contribution in [1.82, 2.24) is 10.0 Å². The van der Waals surface area contributed by atoms with E-state index in [2.05, 4.69) is 16.3 Å². The summed E-state index contributed by atoms with van der Waals surface area (Å²) in [6.07, 6.45) is 7.98. The normalized spacial score (nSPS) is 21.2. The molecular weight excluding hydrogens is 324 g/mol. The van der Waals surface area contributed by atoms with Gasteiger partial charge in [0.1, 0.15) is 0 Å². The van der Waals surface area contributed by atoms with E-state index in [0.717, 1.165) is 24.3 Å². The Hall–Kier alpha value is -0.0800. The second-order valence-electron chi connectivity index (χ2n) is 5.97. The molecule has 21 heavy (non-hydrogen) atoms. The van der Waals surface area contributed by atoms with E-state index in [4.69, 9.17) is 0 Å². The number of thiophene rings is 1. The summed E-state index contributed by atoms with van der Waals surface area (Å²) in [5, 5.41) is 5.16. The van der Waals surface area contributed by atoms with Crippen LogP contribution < -0.4 is 10.0 Å². The molecule has 7 heteroatoms. The van der Waals surface area contributed by atoms with Gasteiger partial charge in [0.05, 0.1) is 4.90 Å². The molecule has 1 heterocycles. The van der Waals surface area contributed by atoms with Crippen molar-refractivity contribution in [3.8, 4) is 0 Å². The summed E-state index contributed by atoms with van der Waals surface area (Å²) in [6, 6.07) is 2.44. The third-order valence-corrected chi connectivity index (χ3v) is 8.25. The average molecular weight is 347 g/mol. The molecule has 0 radical (unpaired) electrons. The Morgan fingerprint density at radius 2 is 2.19 bits per heavy atom. The molecule has 3 rings (SSSR count). The molecule has 0 aliphatic heterocycles. The molecule has 4 nitrogen and oxygen atoms in total. The Kier molecular flexibility index (Phi) is 4.66. The van der Waals surface area contributed by atoms with Crippen molar-refractivity contribution in [2.24, 2.45) is 0 Å². The summed E-state index contributed by atoms with van der Waals surface area (Å²) in [6.45, 7) is 1.32. The first kappa shape index (κ1) is 15.8. The fourth-order valence-corrected chi connectivity index (χ4v) is 5.82. The fourth-order valence-electron chi connectivity index (χ4n) is 2.46. The highest BCUT2D eigenvalue weighted by Crippen LogP contribution is 2.42. The number of rotatable bonds is 8. The molecule has 2 fully saturated rings. The molecular formula is C14H22N2O2S3. The molecule has 2 aliphatic rings. The van der Waals surface area contributed by atoms with Gasteiger partial charge in [-0.05, 0) is 38.0 Å². The van der Waals surface area contributed by atoms with Crippen LogP contribution in [-0.2, 0) is 16.6 Å². The van der Waals surface area contributed by atoms with Crippen LogP contribution in [0.2, 0.25) is 0 Å². The highest BCUT2D eigenvalue weighted by Gasteiger charge is 2.37. The largest absolute Gasteiger partial charge is 0.309 e. The van der Waals surface area contributed by atoms with Crippen molar-refractivity contribution in [3.63, 3.8) is 0 Å². The lowest BCUT2D eigenvalue weighted by Crippen LogP contribution is -2.45. The van der Waals surface area contributed by atoms with Gasteiger partial charge < -0.3 is 5.32 Å². The van der Waals surface area contributed by atoms with Gasteiger partial charge in [0.25, 0.3) is 0 Å². The minimum Gasteiger partial charge on any atom is -0.309 e. The summed E-state index contributed by atoms with van der Waals surface area (Å²) in [7, 11) is -3.36. The number of hydrogen-bond acceptors (Lipinski definition) is 5. The number of sulfonamides is 1. The van der Waals surface area contributed by atoms with E-state index in [1.54, 1.807) is 23.2 Å². The number of nitrogens with one attached hydrogen (secondary N) is 2. The van der Waals surface area contributed by atoms with Gasteiger partial charge in [0, 0.05) is 34.1 Å². The van der Waals surface area contributed by atoms with Crippen LogP contribution in [0.3, 0.4) is 0 Å². The van der Waals surface area contributed by atoms with Crippen LogP contribution in [-0.4, -0.2) is 32.0 Å². The smallest absolute Gasteiger partial charge is 0.241 e. The molecule has 0 saturated heterocycles. The lowest BCUT2D eigenvalue weighted by molar-refractivity contribution is 0.362. The SMILES string of the molecule is CSC1(CNS(=O)(=O)c2csc(CNC3CC3)c2)CCC1. The molecule has 0 atom stereocenters. The lowest BCUT2D eigenvalue weighted by Gasteiger charge is -2.40. The molecule has 118 valence electrons. The van der Waals surface area contributed by atoms with Crippen LogP contribution in [0.5, 0.6) is 0 Å². The maximum Gasteiger partial charge on any atom is 0.241 e. The minimum atomic E-state index is -3.36. The van der Waals surface area contributed by atoms with E-state index in [9.17, 15) is 8.42 Å². The van der Waals surface area contributed by atoms with E-state index in [1.165, 1.54) is 30.6 Å². The highest BCUT2D eigenvalue weighted by atomic mass is 32.2. The zero-order valence-corrected chi connectivity index (χ0v) is 14.7. The lowest BCUT2D eigenvalue weighted by atomic mass is 9.84. The number of hydrogen-bond donors (Lipinski definition) is 2. The van der Waals surface area contributed by atoms with Gasteiger partial charge in [0.2, 0.25) is 10.0 Å². The monoisotopic (exact) mass is 346 g/mol. The van der Waals surface area contributed by atoms with E-state index in [0.29, 0.717) is 17.5 Å². The molecule has 2 aliphatic carbocycles. The standard InChI is InChI=1S/C14H22N2O2S3/c1-19-14(5-2-6-14)10-16-21(17,18)13-7-12(20-9-13)8-15-11-3-4-11/h7,9,11,15-16H,2-6,8,10H2,1H3. The van der Waals surface area contributed by atoms with Crippen molar-refractivity contribution < 1.29 is 8.42 Å². The molecule has 1 aromatic rings. The van der Waals surface area contributed by atoms with Crippen LogP contribution in [0.1, 0.15) is 37.0 Å². The van der Waals surface area contributed by atoms with Gasteiger partial charge in [-0.1, -0.05) is 6.42 Å². The van der Waals surface area contributed by atoms with Gasteiger partial charge in [0.15, 0.2) is 0 Å². The van der Waals surface area contributed by atoms with Crippen LogP contribution >= 0.6 is 23.1 Å². The third kappa shape index (κ3) is 3.82. The first-order chi connectivity index (χ1) is 10.0. The van der Waals surface area contributed by atoms with E-state index < -0.39 is 10.0 Å². The molecule has 0 aromatic carbocycles. The Morgan fingerprint density at radius 1 is 1.43 bits per heavy atom. The molecule has 0 unspecified atom stereocenters. The zero-order valence-electron chi connectivity index (χ0n) is 12.2. The van der Waals surface area contributed by atoms with Gasteiger partial charge in [-0.25, -0.2) is 13.1 Å². The average Bonchev–Trinajstić information content (AvgIpc) is 3.12. The van der Waals surface area contributed by atoms with E-state index >= 15 is 0 Å². The quantitative estimate of drug-likeness (QED) is 0.759. The number of thioether (sulfide) groups is 1. The summed E-state index contributed by atoms with van der Waals surface area (Å²) in [4.78, 5) is 1.50. The fraction of sp³-hybridized carbons (Fsp3) is 0.714. The Morgan fingerprint density at radius 3 is 2.76 bits per heavy atom. The van der Waals surface area contributed by atoms with Gasteiger partial charge >= 0.3 is 0 Å². The molecule has 0 bridgehead atoms. The maximum absolute atomic E-state index is 12.4. The highest BCUT2D eigenvalue weighted by molar-refractivity contribution is 8.00. The molecule has 0 spiro atoms. The van der Waals surface area contributed by atoms with E-state index in [1.807, 2.05) is 0 Å². The summed E-state index contributed by atoms with van der Waals surface area (Å²) in [5.41, 5.74) is 0. The summed E-state index contributed by atoms with van der Waals surface area (Å²) in [5.74, 6) is 0. The summed E-state index contributed by atoms with van der Waals surface area (Å²) >= 11 is 3.30.